The number of rotatable bonds is 2. The quantitative estimate of drug-likeness (QED) is 0.701. The molecule has 0 radical (unpaired) electrons. The predicted molar refractivity (Wildman–Crippen MR) is 103 cm³/mol. The van der Waals surface area contributed by atoms with Gasteiger partial charge in [-0.3, -0.25) is 29.8 Å². The van der Waals surface area contributed by atoms with E-state index in [0.717, 1.165) is 11.1 Å². The SMILES string of the molecule is O=C1NC(=O)[C@@H]2[C@@H]1[C@H](c1ccccc1)N1[C@H]3C(=O)NC(=O)[C@@H]3[C@H](c3ccccc3)N21. The first-order valence-electron chi connectivity index (χ1n) is 9.94. The van der Waals surface area contributed by atoms with E-state index in [2.05, 4.69) is 10.6 Å². The van der Waals surface area contributed by atoms with Crippen molar-refractivity contribution in [1.29, 1.82) is 0 Å². The average Bonchev–Trinajstić information content (AvgIpc) is 3.43. The van der Waals surface area contributed by atoms with Gasteiger partial charge in [0, 0.05) is 0 Å². The van der Waals surface area contributed by atoms with Crippen molar-refractivity contribution in [2.24, 2.45) is 11.8 Å². The highest BCUT2D eigenvalue weighted by molar-refractivity contribution is 6.10. The molecule has 4 saturated heterocycles. The number of hydrogen-bond acceptors (Lipinski definition) is 6. The second kappa shape index (κ2) is 6.07. The van der Waals surface area contributed by atoms with Crippen molar-refractivity contribution in [3.05, 3.63) is 71.8 Å². The van der Waals surface area contributed by atoms with E-state index in [1.807, 2.05) is 70.7 Å². The van der Waals surface area contributed by atoms with Crippen LogP contribution in [0.3, 0.4) is 0 Å². The van der Waals surface area contributed by atoms with E-state index >= 15 is 0 Å². The largest absolute Gasteiger partial charge is 0.295 e. The number of hydrazine groups is 1. The minimum absolute atomic E-state index is 0.346. The number of amides is 4. The summed E-state index contributed by atoms with van der Waals surface area (Å²) in [6, 6.07) is 16.2. The van der Waals surface area contributed by atoms with Gasteiger partial charge in [-0.05, 0) is 11.1 Å². The molecule has 0 aromatic heterocycles. The summed E-state index contributed by atoms with van der Waals surface area (Å²) >= 11 is 0. The number of nitrogens with one attached hydrogen (secondary N) is 2. The van der Waals surface area contributed by atoms with Gasteiger partial charge in [-0.2, -0.15) is 0 Å². The predicted octanol–water partition coefficient (Wildman–Crippen LogP) is 0.298. The molecule has 2 aromatic carbocycles. The van der Waals surface area contributed by atoms with Crippen LogP contribution >= 0.6 is 0 Å². The fourth-order valence-electron chi connectivity index (χ4n) is 5.64. The van der Waals surface area contributed by atoms with E-state index in [0.29, 0.717) is 0 Å². The first-order valence-corrected chi connectivity index (χ1v) is 9.94. The van der Waals surface area contributed by atoms with Crippen molar-refractivity contribution < 1.29 is 19.2 Å². The monoisotopic (exact) mass is 402 g/mol. The first-order chi connectivity index (χ1) is 14.6. The third-order valence-corrected chi connectivity index (χ3v) is 6.69. The summed E-state index contributed by atoms with van der Waals surface area (Å²) in [6.45, 7) is 0. The standard InChI is InChI=1S/C22H18N4O4/c27-19-13-15(11-7-3-1-4-8-11)25-18-14(20(28)24-22(18)30)16(12-9-5-2-6-10-12)26(25)17(13)21(29)23-19/h1-10,13-18H,(H,23,27,29)(H,24,28,30)/t13-,14+,15-,16-,17-,18+/m0/s1. The third kappa shape index (κ3) is 2.12. The van der Waals surface area contributed by atoms with Crippen LogP contribution in [-0.2, 0) is 19.2 Å². The number of carbonyl (C=O) groups is 4. The molecule has 6 atom stereocenters. The normalized spacial score (nSPS) is 35.2. The molecule has 6 rings (SSSR count). The molecule has 0 aliphatic carbocycles. The zero-order chi connectivity index (χ0) is 20.6. The second-order valence-corrected chi connectivity index (χ2v) is 8.12. The van der Waals surface area contributed by atoms with Crippen LogP contribution in [-0.4, -0.2) is 45.7 Å². The van der Waals surface area contributed by atoms with Crippen molar-refractivity contribution >= 4 is 23.6 Å². The van der Waals surface area contributed by atoms with Crippen LogP contribution in [0.4, 0.5) is 0 Å². The molecule has 2 N–H and O–H groups in total. The number of benzene rings is 2. The summed E-state index contributed by atoms with van der Waals surface area (Å²) in [5.41, 5.74) is 1.67. The molecule has 0 unspecified atom stereocenters. The van der Waals surface area contributed by atoms with Crippen molar-refractivity contribution in [2.45, 2.75) is 24.2 Å². The lowest BCUT2D eigenvalue weighted by molar-refractivity contribution is -0.139. The molecular weight excluding hydrogens is 384 g/mol. The molecule has 0 spiro atoms. The van der Waals surface area contributed by atoms with Gasteiger partial charge in [0.1, 0.15) is 12.1 Å². The van der Waals surface area contributed by atoms with Crippen LogP contribution in [0.15, 0.2) is 60.7 Å². The van der Waals surface area contributed by atoms with E-state index in [4.69, 9.17) is 0 Å². The van der Waals surface area contributed by atoms with Crippen LogP contribution in [0.5, 0.6) is 0 Å². The maximum atomic E-state index is 12.9. The Kier molecular flexibility index (Phi) is 3.54. The zero-order valence-corrected chi connectivity index (χ0v) is 15.8. The van der Waals surface area contributed by atoms with Gasteiger partial charge in [-0.1, -0.05) is 60.7 Å². The molecule has 4 aliphatic heterocycles. The minimum atomic E-state index is -0.765. The third-order valence-electron chi connectivity index (χ3n) is 6.69. The van der Waals surface area contributed by atoms with Gasteiger partial charge in [0.05, 0.1) is 23.9 Å². The summed E-state index contributed by atoms with van der Waals surface area (Å²) in [5, 5.41) is 8.57. The second-order valence-electron chi connectivity index (χ2n) is 8.12. The molecule has 0 saturated carbocycles. The van der Waals surface area contributed by atoms with Crippen LogP contribution in [0.1, 0.15) is 23.2 Å². The molecule has 30 heavy (non-hydrogen) atoms. The fourth-order valence-corrected chi connectivity index (χ4v) is 5.64. The maximum Gasteiger partial charge on any atom is 0.246 e. The van der Waals surface area contributed by atoms with Gasteiger partial charge >= 0.3 is 0 Å². The van der Waals surface area contributed by atoms with E-state index in [9.17, 15) is 19.2 Å². The minimum Gasteiger partial charge on any atom is -0.295 e. The highest BCUT2D eigenvalue weighted by Gasteiger charge is 2.71. The number of fused-ring (bicyclic) bond motifs is 5. The first kappa shape index (κ1) is 17.5. The Morgan fingerprint density at radius 3 is 1.23 bits per heavy atom. The van der Waals surface area contributed by atoms with Gasteiger partial charge in [0.25, 0.3) is 0 Å². The Balaban J connectivity index is 1.58. The van der Waals surface area contributed by atoms with E-state index in [1.165, 1.54) is 0 Å². The van der Waals surface area contributed by atoms with E-state index in [-0.39, 0.29) is 23.6 Å². The van der Waals surface area contributed by atoms with E-state index < -0.39 is 36.0 Å². The molecule has 8 nitrogen and oxygen atoms in total. The molecule has 4 aliphatic rings. The summed E-state index contributed by atoms with van der Waals surface area (Å²) in [6.07, 6.45) is 0. The number of hydrogen-bond donors (Lipinski definition) is 2. The zero-order valence-electron chi connectivity index (χ0n) is 15.8. The molecule has 8 heteroatoms. The van der Waals surface area contributed by atoms with Gasteiger partial charge in [-0.25, -0.2) is 10.0 Å². The number of carbonyl (C=O) groups excluding carboxylic acids is 4. The van der Waals surface area contributed by atoms with Gasteiger partial charge < -0.3 is 0 Å². The smallest absolute Gasteiger partial charge is 0.246 e. The Morgan fingerprint density at radius 1 is 0.500 bits per heavy atom. The van der Waals surface area contributed by atoms with Crippen LogP contribution < -0.4 is 10.6 Å². The Morgan fingerprint density at radius 2 is 0.867 bits per heavy atom. The Bertz CT molecular complexity index is 1000. The summed E-state index contributed by atoms with van der Waals surface area (Å²) in [4.78, 5) is 51.3. The van der Waals surface area contributed by atoms with Crippen LogP contribution in [0, 0.1) is 11.8 Å². The topological polar surface area (TPSA) is 98.8 Å². The lowest BCUT2D eigenvalue weighted by Gasteiger charge is -2.33. The molecule has 4 amide bonds. The van der Waals surface area contributed by atoms with Crippen molar-refractivity contribution in [3.63, 3.8) is 0 Å². The lowest BCUT2D eigenvalue weighted by atomic mass is 9.84. The van der Waals surface area contributed by atoms with Crippen LogP contribution in [0.2, 0.25) is 0 Å². The highest BCUT2D eigenvalue weighted by atomic mass is 16.2. The molecule has 150 valence electrons. The lowest BCUT2D eigenvalue weighted by Crippen LogP contribution is -2.48. The molecular formula is C22H18N4O4. The van der Waals surface area contributed by atoms with Gasteiger partial charge in [-0.15, -0.1) is 0 Å². The van der Waals surface area contributed by atoms with Gasteiger partial charge in [0.15, 0.2) is 0 Å². The summed E-state index contributed by atoms with van der Waals surface area (Å²) in [7, 11) is 0. The van der Waals surface area contributed by atoms with Crippen molar-refractivity contribution in [2.75, 3.05) is 0 Å². The van der Waals surface area contributed by atoms with Gasteiger partial charge in [0.2, 0.25) is 23.6 Å². The van der Waals surface area contributed by atoms with Crippen LogP contribution in [0.25, 0.3) is 0 Å². The fraction of sp³-hybridized carbons (Fsp3) is 0.273. The van der Waals surface area contributed by atoms with E-state index in [1.54, 1.807) is 0 Å². The average molecular weight is 402 g/mol. The number of nitrogens with zero attached hydrogens (tertiary/aromatic N) is 2. The molecule has 2 aromatic rings. The highest BCUT2D eigenvalue weighted by Crippen LogP contribution is 2.56. The van der Waals surface area contributed by atoms with Crippen molar-refractivity contribution in [3.8, 4) is 0 Å². The van der Waals surface area contributed by atoms with Crippen molar-refractivity contribution in [1.82, 2.24) is 20.7 Å². The molecule has 4 heterocycles. The number of imide groups is 2. The summed E-state index contributed by atoms with van der Waals surface area (Å²) in [5.74, 6) is -2.78. The molecule has 0 bridgehead atoms. The Labute approximate surface area is 171 Å². The molecule has 4 fully saturated rings. The maximum absolute atomic E-state index is 12.9. The summed E-state index contributed by atoms with van der Waals surface area (Å²) < 4.78 is 0. The Hall–Kier alpha value is -3.36.